The molecule has 0 aromatic heterocycles. The highest BCUT2D eigenvalue weighted by Gasteiger charge is 1.85. The van der Waals surface area contributed by atoms with Gasteiger partial charge in [-0.2, -0.15) is 0 Å². The molecule has 36 valence electrons. The van der Waals surface area contributed by atoms with Crippen molar-refractivity contribution >= 4 is 29.5 Å². The molecule has 0 radical (unpaired) electrons. The molecule has 2 nitrogen and oxygen atoms in total. The highest BCUT2D eigenvalue weighted by molar-refractivity contribution is 7.96. The summed E-state index contributed by atoms with van der Waals surface area (Å²) in [5, 5.41) is -0.259. The molecule has 0 saturated carbocycles. The van der Waals surface area contributed by atoms with Gasteiger partial charge in [0, 0.05) is 0 Å². The fourth-order valence-corrected chi connectivity index (χ4v) is 0.351. The van der Waals surface area contributed by atoms with Crippen LogP contribution in [-0.4, -0.2) is 11.7 Å². The standard InChI is InChI=1S/C2H4ClNOS/c3-4-1-2(5)6/h4H,1H2,(H,5,6). The van der Waals surface area contributed by atoms with Crippen LogP contribution < -0.4 is 4.84 Å². The Morgan fingerprint density at radius 3 is 2.50 bits per heavy atom. The Morgan fingerprint density at radius 1 is 2.00 bits per heavy atom. The molecule has 1 N–H and O–H groups in total. The highest BCUT2D eigenvalue weighted by Crippen LogP contribution is 1.73. The van der Waals surface area contributed by atoms with Crippen molar-refractivity contribution in [2.45, 2.75) is 0 Å². The SMILES string of the molecule is O=C(S)CNCl. The van der Waals surface area contributed by atoms with Crippen molar-refractivity contribution in [3.8, 4) is 0 Å². The zero-order valence-corrected chi connectivity index (χ0v) is 4.59. The third kappa shape index (κ3) is 4.27. The van der Waals surface area contributed by atoms with Crippen LogP contribution in [0.25, 0.3) is 0 Å². The van der Waals surface area contributed by atoms with Crippen LogP contribution in [0, 0.1) is 0 Å². The average molecular weight is 126 g/mol. The third-order valence-corrected chi connectivity index (χ3v) is 0.510. The van der Waals surface area contributed by atoms with Crippen LogP contribution in [0.4, 0.5) is 0 Å². The van der Waals surface area contributed by atoms with Gasteiger partial charge in [-0.15, -0.1) is 12.6 Å². The van der Waals surface area contributed by atoms with Crippen molar-refractivity contribution in [3.05, 3.63) is 0 Å². The first-order valence-electron chi connectivity index (χ1n) is 1.32. The molecule has 0 amide bonds. The molecule has 0 atom stereocenters. The molecule has 0 aromatic carbocycles. The number of carbonyl (C=O) groups excluding carboxylic acids is 1. The lowest BCUT2D eigenvalue weighted by Gasteiger charge is -1.81. The lowest BCUT2D eigenvalue weighted by atomic mass is 10.8. The monoisotopic (exact) mass is 125 g/mol. The smallest absolute Gasteiger partial charge is 0.200 e. The predicted octanol–water partition coefficient (Wildman–Crippen LogP) is 0.186. The van der Waals surface area contributed by atoms with Crippen LogP contribution in [0.2, 0.25) is 0 Å². The molecule has 0 aliphatic rings. The van der Waals surface area contributed by atoms with Gasteiger partial charge in [0.2, 0.25) is 5.12 Å². The van der Waals surface area contributed by atoms with E-state index in [1.807, 2.05) is 0 Å². The maximum Gasteiger partial charge on any atom is 0.200 e. The number of rotatable bonds is 2. The Kier molecular flexibility index (Phi) is 3.62. The minimum atomic E-state index is -0.259. The van der Waals surface area contributed by atoms with E-state index in [-0.39, 0.29) is 11.7 Å². The summed E-state index contributed by atoms with van der Waals surface area (Å²) in [5.41, 5.74) is 0. The van der Waals surface area contributed by atoms with E-state index >= 15 is 0 Å². The van der Waals surface area contributed by atoms with Gasteiger partial charge in [-0.3, -0.25) is 4.79 Å². The molecule has 0 bridgehead atoms. The van der Waals surface area contributed by atoms with Crippen LogP contribution in [0.1, 0.15) is 0 Å². The zero-order chi connectivity index (χ0) is 4.99. The van der Waals surface area contributed by atoms with E-state index in [4.69, 9.17) is 11.8 Å². The molecule has 6 heavy (non-hydrogen) atoms. The van der Waals surface area contributed by atoms with E-state index in [2.05, 4.69) is 17.5 Å². The van der Waals surface area contributed by atoms with E-state index in [0.29, 0.717) is 0 Å². The summed E-state index contributed by atoms with van der Waals surface area (Å²) in [6, 6.07) is 0. The van der Waals surface area contributed by atoms with Crippen LogP contribution in [-0.2, 0) is 4.79 Å². The van der Waals surface area contributed by atoms with Crippen molar-refractivity contribution in [2.24, 2.45) is 0 Å². The summed E-state index contributed by atoms with van der Waals surface area (Å²) in [5.74, 6) is 0. The molecule has 0 aliphatic heterocycles. The largest absolute Gasteiger partial charge is 0.286 e. The Morgan fingerprint density at radius 2 is 2.50 bits per heavy atom. The van der Waals surface area contributed by atoms with Crippen LogP contribution in [0.5, 0.6) is 0 Å². The Hall–Kier alpha value is 0.270. The predicted molar refractivity (Wildman–Crippen MR) is 27.8 cm³/mol. The highest BCUT2D eigenvalue weighted by atomic mass is 35.5. The van der Waals surface area contributed by atoms with Gasteiger partial charge in [-0.05, 0) is 11.8 Å². The van der Waals surface area contributed by atoms with Crippen molar-refractivity contribution in [3.63, 3.8) is 0 Å². The minimum Gasteiger partial charge on any atom is -0.286 e. The number of nitrogens with one attached hydrogen (secondary N) is 1. The molecule has 0 aromatic rings. The quantitative estimate of drug-likeness (QED) is 0.408. The first-order chi connectivity index (χ1) is 2.77. The molecular formula is C2H4ClNOS. The van der Waals surface area contributed by atoms with Gasteiger partial charge < -0.3 is 0 Å². The summed E-state index contributed by atoms with van der Waals surface area (Å²) in [4.78, 5) is 11.9. The summed E-state index contributed by atoms with van der Waals surface area (Å²) in [7, 11) is 0. The number of carbonyl (C=O) groups is 1. The van der Waals surface area contributed by atoms with Gasteiger partial charge >= 0.3 is 0 Å². The maximum atomic E-state index is 9.76. The summed E-state index contributed by atoms with van der Waals surface area (Å²) < 4.78 is 0. The van der Waals surface area contributed by atoms with Crippen molar-refractivity contribution in [1.29, 1.82) is 0 Å². The second-order valence-electron chi connectivity index (χ2n) is 0.704. The van der Waals surface area contributed by atoms with Gasteiger partial charge in [0.05, 0.1) is 6.54 Å². The molecule has 0 rings (SSSR count). The second kappa shape index (κ2) is 3.46. The number of halogens is 1. The topological polar surface area (TPSA) is 29.1 Å². The van der Waals surface area contributed by atoms with Crippen molar-refractivity contribution < 1.29 is 4.79 Å². The van der Waals surface area contributed by atoms with Gasteiger partial charge in [-0.25, -0.2) is 4.84 Å². The lowest BCUT2D eigenvalue weighted by Crippen LogP contribution is -2.07. The van der Waals surface area contributed by atoms with Gasteiger partial charge in [0.25, 0.3) is 0 Å². The fourth-order valence-electron chi connectivity index (χ4n) is 0.0572. The van der Waals surface area contributed by atoms with E-state index in [9.17, 15) is 4.79 Å². The van der Waals surface area contributed by atoms with Crippen molar-refractivity contribution in [1.82, 2.24) is 4.84 Å². The first kappa shape index (κ1) is 6.27. The van der Waals surface area contributed by atoms with E-state index < -0.39 is 0 Å². The normalized spacial score (nSPS) is 8.33. The summed E-state index contributed by atoms with van der Waals surface area (Å²) in [6.07, 6.45) is 0. The number of thiol groups is 1. The maximum absolute atomic E-state index is 9.76. The minimum absolute atomic E-state index is 0.116. The van der Waals surface area contributed by atoms with E-state index in [1.165, 1.54) is 0 Å². The number of hydrogen-bond donors (Lipinski definition) is 2. The third-order valence-electron chi connectivity index (χ3n) is 0.218. The van der Waals surface area contributed by atoms with Crippen LogP contribution in [0.3, 0.4) is 0 Å². The molecule has 0 heterocycles. The molecule has 0 unspecified atom stereocenters. The molecule has 4 heteroatoms. The molecule has 0 aliphatic carbocycles. The fraction of sp³-hybridized carbons (Fsp3) is 0.500. The summed E-state index contributed by atoms with van der Waals surface area (Å²) in [6.45, 7) is 0.116. The first-order valence-corrected chi connectivity index (χ1v) is 2.15. The van der Waals surface area contributed by atoms with Crippen LogP contribution >= 0.6 is 24.4 Å². The molecule has 0 saturated heterocycles. The van der Waals surface area contributed by atoms with Crippen molar-refractivity contribution in [2.75, 3.05) is 6.54 Å². The van der Waals surface area contributed by atoms with Gasteiger partial charge in [0.1, 0.15) is 0 Å². The van der Waals surface area contributed by atoms with E-state index in [1.54, 1.807) is 0 Å². The van der Waals surface area contributed by atoms with E-state index in [0.717, 1.165) is 0 Å². The van der Waals surface area contributed by atoms with Crippen LogP contribution in [0.15, 0.2) is 0 Å². The van der Waals surface area contributed by atoms with Gasteiger partial charge in [0.15, 0.2) is 0 Å². The Bertz CT molecular complexity index is 57.5. The number of hydrogen-bond acceptors (Lipinski definition) is 2. The van der Waals surface area contributed by atoms with Gasteiger partial charge in [-0.1, -0.05) is 0 Å². The average Bonchev–Trinajstić information content (AvgIpc) is 1.35. The zero-order valence-electron chi connectivity index (χ0n) is 2.94. The Labute approximate surface area is 46.4 Å². The molecular weight excluding hydrogens is 122 g/mol. The second-order valence-corrected chi connectivity index (χ2v) is 1.47. The lowest BCUT2D eigenvalue weighted by molar-refractivity contribution is -0.109. The summed E-state index contributed by atoms with van der Waals surface area (Å²) >= 11 is 8.27. The molecule has 0 spiro atoms. The molecule has 0 fully saturated rings. The Balaban J connectivity index is 2.83.